The van der Waals surface area contributed by atoms with Gasteiger partial charge in [0.25, 0.3) is 0 Å². The molecule has 3 nitrogen and oxygen atoms in total. The minimum atomic E-state index is -0.894. The molecule has 1 aliphatic carbocycles. The van der Waals surface area contributed by atoms with Crippen LogP contribution in [-0.4, -0.2) is 15.9 Å². The number of allylic oxidation sites excluding steroid dienone is 5. The van der Waals surface area contributed by atoms with Crippen LogP contribution in [0.25, 0.3) is 0 Å². The van der Waals surface area contributed by atoms with Crippen molar-refractivity contribution >= 4 is 21.9 Å². The van der Waals surface area contributed by atoms with E-state index in [2.05, 4.69) is 55.8 Å². The van der Waals surface area contributed by atoms with Crippen molar-refractivity contribution in [1.29, 1.82) is 0 Å². The van der Waals surface area contributed by atoms with Gasteiger partial charge in [-0.3, -0.25) is 0 Å². The summed E-state index contributed by atoms with van der Waals surface area (Å²) >= 11 is 4.00. The van der Waals surface area contributed by atoms with E-state index in [1.165, 1.54) is 16.7 Å². The first-order valence-corrected chi connectivity index (χ1v) is 11.8. The predicted molar refractivity (Wildman–Crippen MR) is 126 cm³/mol. The first-order chi connectivity index (χ1) is 14.2. The molecule has 2 aliphatic rings. The van der Waals surface area contributed by atoms with Gasteiger partial charge in [-0.05, 0) is 100.0 Å². The Kier molecular flexibility index (Phi) is 7.28. The lowest BCUT2D eigenvalue weighted by molar-refractivity contribution is 0.0696. The van der Waals surface area contributed by atoms with Crippen molar-refractivity contribution in [3.63, 3.8) is 0 Å². The zero-order valence-electron chi connectivity index (χ0n) is 18.5. The van der Waals surface area contributed by atoms with Gasteiger partial charge in [-0.2, -0.15) is 0 Å². The average Bonchev–Trinajstić information content (AvgIpc) is 2.88. The fourth-order valence-corrected chi connectivity index (χ4v) is 5.38. The zero-order chi connectivity index (χ0) is 21.9. The average molecular weight is 473 g/mol. The van der Waals surface area contributed by atoms with E-state index >= 15 is 0 Å². The van der Waals surface area contributed by atoms with Crippen molar-refractivity contribution < 1.29 is 14.6 Å². The summed E-state index contributed by atoms with van der Waals surface area (Å²) in [7, 11) is 0. The van der Waals surface area contributed by atoms with E-state index in [1.807, 2.05) is 6.26 Å². The van der Waals surface area contributed by atoms with Gasteiger partial charge in [-0.25, -0.2) is 4.79 Å². The maximum atomic E-state index is 11.5. The molecule has 1 heterocycles. The molecule has 1 aliphatic heterocycles. The van der Waals surface area contributed by atoms with Gasteiger partial charge in [-0.15, -0.1) is 0 Å². The molecule has 0 spiro atoms. The van der Waals surface area contributed by atoms with Crippen molar-refractivity contribution in [2.75, 3.05) is 0 Å². The number of ether oxygens (including phenoxy) is 1. The van der Waals surface area contributed by atoms with Crippen LogP contribution in [-0.2, 0) is 6.42 Å². The monoisotopic (exact) mass is 472 g/mol. The van der Waals surface area contributed by atoms with E-state index < -0.39 is 5.97 Å². The molecule has 0 saturated heterocycles. The van der Waals surface area contributed by atoms with Crippen LogP contribution in [0.15, 0.2) is 53.3 Å². The molecule has 0 radical (unpaired) electrons. The van der Waals surface area contributed by atoms with Crippen LogP contribution in [0.5, 0.6) is 5.75 Å². The van der Waals surface area contributed by atoms with E-state index in [4.69, 9.17) is 4.74 Å². The van der Waals surface area contributed by atoms with E-state index in [-0.39, 0.29) is 5.41 Å². The standard InChI is InChI=1S/C26H33BrO3/c1-17(2)6-5-7-18(3)12-13-26(4)22-15-21-14-19(25(28)29)8-10-23(21)30-16-20(22)9-11-24(26)27/h6,8,10,12,14,16,22,24H,5,7,9,11,13,15H2,1-4H3,(H,28,29)/b18-12+/t22-,24+,26+/m1/s1. The second kappa shape index (κ2) is 9.55. The molecule has 0 bridgehead atoms. The maximum Gasteiger partial charge on any atom is 0.335 e. The first kappa shape index (κ1) is 22.9. The fourth-order valence-electron chi connectivity index (χ4n) is 4.65. The molecule has 162 valence electrons. The third kappa shape index (κ3) is 5.08. The second-order valence-electron chi connectivity index (χ2n) is 9.28. The summed E-state index contributed by atoms with van der Waals surface area (Å²) in [6.45, 7) is 8.89. The molecule has 0 aromatic heterocycles. The van der Waals surface area contributed by atoms with Gasteiger partial charge in [-0.1, -0.05) is 46.2 Å². The number of halogens is 1. The number of alkyl halides is 1. The third-order valence-corrected chi connectivity index (χ3v) is 8.20. The van der Waals surface area contributed by atoms with Crippen molar-refractivity contribution in [2.45, 2.75) is 71.0 Å². The number of fused-ring (bicyclic) bond motifs is 2. The summed E-state index contributed by atoms with van der Waals surface area (Å²) in [6, 6.07) is 5.20. The smallest absolute Gasteiger partial charge is 0.335 e. The molecular formula is C26H33BrO3. The Hall–Kier alpha value is -1.81. The van der Waals surface area contributed by atoms with Crippen LogP contribution < -0.4 is 4.74 Å². The molecule has 0 amide bonds. The van der Waals surface area contributed by atoms with Crippen molar-refractivity contribution in [3.8, 4) is 5.75 Å². The van der Waals surface area contributed by atoms with Gasteiger partial charge in [0.15, 0.2) is 0 Å². The molecule has 0 unspecified atom stereocenters. The second-order valence-corrected chi connectivity index (χ2v) is 10.4. The summed E-state index contributed by atoms with van der Waals surface area (Å²) in [5.41, 5.74) is 5.51. The molecule has 4 heteroatoms. The molecule has 1 aromatic carbocycles. The number of hydrogen-bond acceptors (Lipinski definition) is 2. The topological polar surface area (TPSA) is 46.5 Å². The van der Waals surface area contributed by atoms with Gasteiger partial charge >= 0.3 is 5.97 Å². The minimum Gasteiger partial charge on any atom is -0.478 e. The Labute approximate surface area is 189 Å². The fraction of sp³-hybridized carbons (Fsp3) is 0.500. The largest absolute Gasteiger partial charge is 0.478 e. The predicted octanol–water partition coefficient (Wildman–Crippen LogP) is 7.47. The van der Waals surface area contributed by atoms with Gasteiger partial charge in [0.05, 0.1) is 11.8 Å². The summed E-state index contributed by atoms with van der Waals surface area (Å²) in [4.78, 5) is 11.9. The molecule has 1 aromatic rings. The molecular weight excluding hydrogens is 440 g/mol. The van der Waals surface area contributed by atoms with Crippen molar-refractivity contribution in [1.82, 2.24) is 0 Å². The number of benzene rings is 1. The molecule has 3 rings (SSSR count). The number of carbonyl (C=O) groups is 1. The van der Waals surface area contributed by atoms with Crippen LogP contribution >= 0.6 is 15.9 Å². The van der Waals surface area contributed by atoms with Crippen LogP contribution in [0.3, 0.4) is 0 Å². The van der Waals surface area contributed by atoms with E-state index in [0.29, 0.717) is 16.3 Å². The normalized spacial score (nSPS) is 25.9. The van der Waals surface area contributed by atoms with Gasteiger partial charge in [0, 0.05) is 4.83 Å². The number of carboxylic acids is 1. The SMILES string of the molecule is CC(C)=CCC/C(C)=C/C[C@@]1(C)[C@@H]2Cc3cc(C(=O)O)ccc3OC=C2CC[C@@H]1Br. The lowest BCUT2D eigenvalue weighted by Crippen LogP contribution is -2.41. The Balaban J connectivity index is 1.86. The minimum absolute atomic E-state index is 0.0477. The Morgan fingerprint density at radius 3 is 2.77 bits per heavy atom. The highest BCUT2D eigenvalue weighted by Crippen LogP contribution is 2.52. The highest BCUT2D eigenvalue weighted by atomic mass is 79.9. The van der Waals surface area contributed by atoms with E-state index in [9.17, 15) is 9.90 Å². The number of hydrogen-bond donors (Lipinski definition) is 1. The lowest BCUT2D eigenvalue weighted by Gasteiger charge is -2.46. The Morgan fingerprint density at radius 1 is 1.30 bits per heavy atom. The number of carboxylic acid groups (broad SMARTS) is 1. The van der Waals surface area contributed by atoms with Gasteiger partial charge < -0.3 is 9.84 Å². The molecule has 1 fully saturated rings. The van der Waals surface area contributed by atoms with Gasteiger partial charge in [0.1, 0.15) is 5.75 Å². The van der Waals surface area contributed by atoms with Crippen LogP contribution in [0.2, 0.25) is 0 Å². The van der Waals surface area contributed by atoms with Crippen LogP contribution in [0, 0.1) is 11.3 Å². The molecule has 30 heavy (non-hydrogen) atoms. The number of rotatable bonds is 6. The van der Waals surface area contributed by atoms with Crippen LogP contribution in [0.4, 0.5) is 0 Å². The third-order valence-electron chi connectivity index (χ3n) is 6.70. The number of aromatic carboxylic acids is 1. The summed E-state index contributed by atoms with van der Waals surface area (Å²) in [6.07, 6.45) is 12.7. The quantitative estimate of drug-likeness (QED) is 0.344. The van der Waals surface area contributed by atoms with Crippen molar-refractivity contribution in [2.24, 2.45) is 11.3 Å². The highest BCUT2D eigenvalue weighted by Gasteiger charge is 2.45. The molecule has 1 saturated carbocycles. The van der Waals surface area contributed by atoms with E-state index in [0.717, 1.165) is 49.8 Å². The summed E-state index contributed by atoms with van der Waals surface area (Å²) < 4.78 is 5.99. The maximum absolute atomic E-state index is 11.5. The summed E-state index contributed by atoms with van der Waals surface area (Å²) in [5.74, 6) is 0.210. The van der Waals surface area contributed by atoms with Crippen molar-refractivity contribution in [3.05, 3.63) is 64.5 Å². The Morgan fingerprint density at radius 2 is 2.07 bits per heavy atom. The summed E-state index contributed by atoms with van der Waals surface area (Å²) in [5, 5.41) is 9.41. The lowest BCUT2D eigenvalue weighted by atomic mass is 9.62. The van der Waals surface area contributed by atoms with Gasteiger partial charge in [0.2, 0.25) is 0 Å². The molecule has 1 N–H and O–H groups in total. The highest BCUT2D eigenvalue weighted by molar-refractivity contribution is 9.09. The molecule has 3 atom stereocenters. The first-order valence-electron chi connectivity index (χ1n) is 10.9. The zero-order valence-corrected chi connectivity index (χ0v) is 20.1. The van der Waals surface area contributed by atoms with Crippen LogP contribution in [0.1, 0.15) is 75.7 Å². The van der Waals surface area contributed by atoms with E-state index in [1.54, 1.807) is 18.2 Å². The Bertz CT molecular complexity index is 892.